The van der Waals surface area contributed by atoms with Gasteiger partial charge in [-0.15, -0.1) is 0 Å². The lowest BCUT2D eigenvalue weighted by Crippen LogP contribution is -2.36. The fourth-order valence-corrected chi connectivity index (χ4v) is 4.15. The quantitative estimate of drug-likeness (QED) is 0.521. The minimum Gasteiger partial charge on any atom is -0.490 e. The summed E-state index contributed by atoms with van der Waals surface area (Å²) in [5, 5.41) is 5.83. The number of ether oxygens (including phenoxy) is 1. The summed E-state index contributed by atoms with van der Waals surface area (Å²) in [5.74, 6) is 0.0553. The number of amides is 2. The largest absolute Gasteiger partial charge is 0.490 e. The Morgan fingerprint density at radius 3 is 2.41 bits per heavy atom. The van der Waals surface area contributed by atoms with Crippen LogP contribution in [0.4, 0.5) is 5.69 Å². The lowest BCUT2D eigenvalue weighted by atomic mass is 10.1. The van der Waals surface area contributed by atoms with Crippen molar-refractivity contribution in [2.45, 2.75) is 45.6 Å². The molecule has 32 heavy (non-hydrogen) atoms. The first-order valence-corrected chi connectivity index (χ1v) is 12.0. The Labute approximate surface area is 202 Å². The first-order chi connectivity index (χ1) is 15.3. The van der Waals surface area contributed by atoms with E-state index in [0.29, 0.717) is 22.6 Å². The second-order valence-corrected chi connectivity index (χ2v) is 9.29. The number of carbonyl (C=O) groups is 2. The number of thiocarbonyl (C=S) groups is 1. The predicted octanol–water partition coefficient (Wildman–Crippen LogP) is 5.38. The first-order valence-electron chi connectivity index (χ1n) is 10.8. The van der Waals surface area contributed by atoms with Gasteiger partial charge in [-0.1, -0.05) is 40.9 Å². The lowest BCUT2D eigenvalue weighted by molar-refractivity contribution is 0.0762. The third kappa shape index (κ3) is 6.53. The summed E-state index contributed by atoms with van der Waals surface area (Å²) >= 11 is 8.77. The van der Waals surface area contributed by atoms with Crippen LogP contribution in [0, 0.1) is 0 Å². The summed E-state index contributed by atoms with van der Waals surface area (Å²) in [6, 6.07) is 12.5. The average molecular weight is 518 g/mol. The number of carbonyl (C=O) groups excluding carboxylic acids is 2. The van der Waals surface area contributed by atoms with Crippen molar-refractivity contribution in [2.24, 2.45) is 0 Å². The number of nitrogens with one attached hydrogen (secondary N) is 2. The molecular formula is C24H28BrN3O3S. The Kier molecular flexibility index (Phi) is 8.64. The van der Waals surface area contributed by atoms with Crippen LogP contribution in [0.5, 0.6) is 5.75 Å². The highest BCUT2D eigenvalue weighted by molar-refractivity contribution is 9.10. The smallest absolute Gasteiger partial charge is 0.261 e. The summed E-state index contributed by atoms with van der Waals surface area (Å²) < 4.78 is 6.51. The molecule has 0 atom stereocenters. The molecule has 2 aromatic rings. The predicted molar refractivity (Wildman–Crippen MR) is 134 cm³/mol. The van der Waals surface area contributed by atoms with E-state index in [0.717, 1.165) is 43.2 Å². The van der Waals surface area contributed by atoms with Crippen LogP contribution in [0.2, 0.25) is 0 Å². The zero-order chi connectivity index (χ0) is 23.1. The van der Waals surface area contributed by atoms with Gasteiger partial charge in [0, 0.05) is 17.6 Å². The SMILES string of the molecule is CC(C)Oc1ccc(Br)cc1C(=O)NC(=S)Nc1ccccc1C(=O)N1CCCCCC1. The topological polar surface area (TPSA) is 70.7 Å². The number of likely N-dealkylation sites (tertiary alicyclic amines) is 1. The number of nitrogens with zero attached hydrogens (tertiary/aromatic N) is 1. The van der Waals surface area contributed by atoms with E-state index in [4.69, 9.17) is 17.0 Å². The van der Waals surface area contributed by atoms with Crippen LogP contribution in [-0.4, -0.2) is 41.0 Å². The molecule has 0 saturated carbocycles. The van der Waals surface area contributed by atoms with E-state index in [9.17, 15) is 9.59 Å². The van der Waals surface area contributed by atoms with Gasteiger partial charge in [-0.05, 0) is 69.2 Å². The molecule has 0 radical (unpaired) electrons. The van der Waals surface area contributed by atoms with Crippen molar-refractivity contribution in [1.82, 2.24) is 10.2 Å². The van der Waals surface area contributed by atoms with E-state index in [2.05, 4.69) is 26.6 Å². The minimum absolute atomic E-state index is 0.0243. The van der Waals surface area contributed by atoms with Crippen LogP contribution in [0.3, 0.4) is 0 Å². The molecule has 1 saturated heterocycles. The molecule has 1 aliphatic rings. The third-order valence-electron chi connectivity index (χ3n) is 5.07. The summed E-state index contributed by atoms with van der Waals surface area (Å²) in [5.41, 5.74) is 1.48. The Morgan fingerprint density at radius 2 is 1.72 bits per heavy atom. The van der Waals surface area contributed by atoms with E-state index in [1.807, 2.05) is 36.9 Å². The molecular weight excluding hydrogens is 490 g/mol. The maximum atomic E-state index is 13.1. The molecule has 3 rings (SSSR count). The fraction of sp³-hybridized carbons (Fsp3) is 0.375. The highest BCUT2D eigenvalue weighted by Gasteiger charge is 2.21. The third-order valence-corrected chi connectivity index (χ3v) is 5.77. The van der Waals surface area contributed by atoms with Crippen LogP contribution in [0.1, 0.15) is 60.2 Å². The van der Waals surface area contributed by atoms with Crippen LogP contribution in [0.15, 0.2) is 46.9 Å². The molecule has 0 unspecified atom stereocenters. The zero-order valence-electron chi connectivity index (χ0n) is 18.3. The minimum atomic E-state index is -0.393. The maximum absolute atomic E-state index is 13.1. The zero-order valence-corrected chi connectivity index (χ0v) is 20.7. The monoisotopic (exact) mass is 517 g/mol. The van der Waals surface area contributed by atoms with Gasteiger partial charge in [0.15, 0.2) is 5.11 Å². The van der Waals surface area contributed by atoms with Crippen molar-refractivity contribution >= 4 is 50.8 Å². The van der Waals surface area contributed by atoms with Crippen molar-refractivity contribution in [3.05, 3.63) is 58.1 Å². The molecule has 2 aromatic carbocycles. The number of hydrogen-bond donors (Lipinski definition) is 2. The van der Waals surface area contributed by atoms with E-state index in [1.165, 1.54) is 0 Å². The molecule has 6 nitrogen and oxygen atoms in total. The second-order valence-electron chi connectivity index (χ2n) is 7.97. The Morgan fingerprint density at radius 1 is 1.03 bits per heavy atom. The normalized spacial score (nSPS) is 13.9. The Bertz CT molecular complexity index is 988. The number of rotatable bonds is 5. The van der Waals surface area contributed by atoms with Crippen LogP contribution in [0.25, 0.3) is 0 Å². The van der Waals surface area contributed by atoms with E-state index in [-0.39, 0.29) is 17.1 Å². The molecule has 8 heteroatoms. The van der Waals surface area contributed by atoms with Crippen molar-refractivity contribution in [3.63, 3.8) is 0 Å². The first kappa shape index (κ1) is 24.2. The summed E-state index contributed by atoms with van der Waals surface area (Å²) in [6.45, 7) is 5.31. The van der Waals surface area contributed by atoms with Gasteiger partial charge in [0.1, 0.15) is 5.75 Å². The molecule has 2 N–H and O–H groups in total. The van der Waals surface area contributed by atoms with Gasteiger partial charge < -0.3 is 15.0 Å². The van der Waals surface area contributed by atoms with E-state index in [1.54, 1.807) is 24.3 Å². The lowest BCUT2D eigenvalue weighted by Gasteiger charge is -2.22. The molecule has 170 valence electrons. The van der Waals surface area contributed by atoms with Crippen LogP contribution >= 0.6 is 28.1 Å². The number of benzene rings is 2. The van der Waals surface area contributed by atoms with Gasteiger partial charge in [0.2, 0.25) is 0 Å². The molecule has 2 amide bonds. The molecule has 0 bridgehead atoms. The maximum Gasteiger partial charge on any atom is 0.261 e. The number of hydrogen-bond acceptors (Lipinski definition) is 4. The molecule has 0 aliphatic carbocycles. The van der Waals surface area contributed by atoms with Gasteiger partial charge in [-0.25, -0.2) is 0 Å². The Balaban J connectivity index is 1.73. The highest BCUT2D eigenvalue weighted by Crippen LogP contribution is 2.25. The highest BCUT2D eigenvalue weighted by atomic mass is 79.9. The number of para-hydroxylation sites is 1. The van der Waals surface area contributed by atoms with Crippen LogP contribution < -0.4 is 15.4 Å². The fourth-order valence-electron chi connectivity index (χ4n) is 3.58. The second kappa shape index (κ2) is 11.4. The van der Waals surface area contributed by atoms with Crippen molar-refractivity contribution < 1.29 is 14.3 Å². The van der Waals surface area contributed by atoms with Gasteiger partial charge in [-0.2, -0.15) is 0 Å². The number of anilines is 1. The van der Waals surface area contributed by atoms with E-state index < -0.39 is 5.91 Å². The van der Waals surface area contributed by atoms with Crippen LogP contribution in [-0.2, 0) is 0 Å². The molecule has 1 aliphatic heterocycles. The Hall–Kier alpha value is -2.45. The summed E-state index contributed by atoms with van der Waals surface area (Å²) in [7, 11) is 0. The van der Waals surface area contributed by atoms with Crippen molar-refractivity contribution in [3.8, 4) is 5.75 Å². The van der Waals surface area contributed by atoms with Gasteiger partial charge >= 0.3 is 0 Å². The molecule has 0 spiro atoms. The van der Waals surface area contributed by atoms with Gasteiger partial charge in [-0.3, -0.25) is 14.9 Å². The average Bonchev–Trinajstić information content (AvgIpc) is 3.04. The van der Waals surface area contributed by atoms with Crippen molar-refractivity contribution in [1.29, 1.82) is 0 Å². The standard InChI is InChI=1S/C24H28BrN3O3S/c1-16(2)31-21-12-11-17(25)15-19(21)22(29)27-24(32)26-20-10-6-5-9-18(20)23(30)28-13-7-3-4-8-14-28/h5-6,9-12,15-16H,3-4,7-8,13-14H2,1-2H3,(H2,26,27,29,32). The number of halogens is 1. The van der Waals surface area contributed by atoms with E-state index >= 15 is 0 Å². The molecule has 1 fully saturated rings. The summed E-state index contributed by atoms with van der Waals surface area (Å²) in [6.07, 6.45) is 4.26. The van der Waals surface area contributed by atoms with Gasteiger partial charge in [0.25, 0.3) is 11.8 Å². The summed E-state index contributed by atoms with van der Waals surface area (Å²) in [4.78, 5) is 27.9. The molecule has 0 aromatic heterocycles. The van der Waals surface area contributed by atoms with Crippen molar-refractivity contribution in [2.75, 3.05) is 18.4 Å². The van der Waals surface area contributed by atoms with Gasteiger partial charge in [0.05, 0.1) is 22.9 Å². The molecule has 1 heterocycles.